The third-order valence-electron chi connectivity index (χ3n) is 5.28. The lowest BCUT2D eigenvalue weighted by Gasteiger charge is -2.36. The van der Waals surface area contributed by atoms with Crippen molar-refractivity contribution >= 4 is 11.7 Å². The fourth-order valence-electron chi connectivity index (χ4n) is 3.76. The number of aromatic nitrogens is 3. The lowest BCUT2D eigenvalue weighted by molar-refractivity contribution is 0.0527. The van der Waals surface area contributed by atoms with Gasteiger partial charge in [-0.25, -0.2) is 14.2 Å². The van der Waals surface area contributed by atoms with Crippen LogP contribution in [0.3, 0.4) is 0 Å². The second kappa shape index (κ2) is 7.51. The number of hydrogen-bond acceptors (Lipinski definition) is 4. The van der Waals surface area contributed by atoms with E-state index in [-0.39, 0.29) is 37.1 Å². The number of alkyl halides is 1. The Kier molecular flexibility index (Phi) is 5.00. The molecule has 4 rings (SSSR count). The van der Waals surface area contributed by atoms with Gasteiger partial charge >= 0.3 is 6.09 Å². The first-order valence-corrected chi connectivity index (χ1v) is 9.45. The second-order valence-electron chi connectivity index (χ2n) is 7.09. The molecule has 0 aliphatic carbocycles. The Morgan fingerprint density at radius 3 is 2.50 bits per heavy atom. The molecule has 1 saturated heterocycles. The summed E-state index contributed by atoms with van der Waals surface area (Å²) >= 11 is 0. The van der Waals surface area contributed by atoms with E-state index in [4.69, 9.17) is 9.84 Å². The molecule has 0 aromatic carbocycles. The Morgan fingerprint density at radius 1 is 1.23 bits per heavy atom. The molecule has 0 spiro atoms. The van der Waals surface area contributed by atoms with Gasteiger partial charge in [0, 0.05) is 61.5 Å². The summed E-state index contributed by atoms with van der Waals surface area (Å²) in [5.41, 5.74) is -0.587. The first-order chi connectivity index (χ1) is 14.3. The fraction of sp³-hybridized carbons (Fsp3) is 0.350. The molecule has 10 heteroatoms. The van der Waals surface area contributed by atoms with E-state index in [0.717, 1.165) is 12.1 Å². The van der Waals surface area contributed by atoms with Gasteiger partial charge in [0.2, 0.25) is 11.9 Å². The van der Waals surface area contributed by atoms with Crippen molar-refractivity contribution in [1.82, 2.24) is 19.3 Å². The maximum atomic E-state index is 16.0. The van der Waals surface area contributed by atoms with Crippen LogP contribution in [0.1, 0.15) is 25.3 Å². The molecule has 1 aliphatic heterocycles. The van der Waals surface area contributed by atoms with Crippen LogP contribution >= 0.6 is 0 Å². The topological polar surface area (TPSA) is 80.0 Å². The summed E-state index contributed by atoms with van der Waals surface area (Å²) in [7, 11) is 0. The average molecular weight is 420 g/mol. The highest BCUT2D eigenvalue weighted by Gasteiger charge is 2.40. The number of amides is 1. The molecule has 158 valence electrons. The minimum Gasteiger partial charge on any atom is -0.493 e. The molecule has 0 unspecified atom stereocenters. The molecule has 0 atom stereocenters. The predicted octanol–water partition coefficient (Wildman–Crippen LogP) is 4.01. The van der Waals surface area contributed by atoms with Gasteiger partial charge in [0.1, 0.15) is 17.1 Å². The summed E-state index contributed by atoms with van der Waals surface area (Å²) in [6.45, 7) is 2.17. The lowest BCUT2D eigenvalue weighted by Crippen LogP contribution is -2.43. The quantitative estimate of drug-likeness (QED) is 0.645. The number of nitrogens with zero attached hydrogens (tertiary/aromatic N) is 4. The minimum atomic E-state index is -1.82. The number of fused-ring (bicyclic) bond motifs is 1. The smallest absolute Gasteiger partial charge is 0.407 e. The molecule has 0 saturated carbocycles. The van der Waals surface area contributed by atoms with Gasteiger partial charge in [-0.1, -0.05) is 0 Å². The zero-order chi connectivity index (χ0) is 21.5. The van der Waals surface area contributed by atoms with E-state index in [0.29, 0.717) is 23.7 Å². The molecule has 0 radical (unpaired) electrons. The summed E-state index contributed by atoms with van der Waals surface area (Å²) in [6, 6.07) is 3.71. The summed E-state index contributed by atoms with van der Waals surface area (Å²) in [5.74, 6) is -1.65. The fourth-order valence-corrected chi connectivity index (χ4v) is 3.76. The molecular weight excluding hydrogens is 401 g/mol. The number of imidazole rings is 1. The number of halogens is 3. The van der Waals surface area contributed by atoms with Crippen LogP contribution in [0.25, 0.3) is 16.9 Å². The normalized spacial score (nSPS) is 16.1. The number of hydrogen-bond donors (Lipinski definition) is 1. The monoisotopic (exact) mass is 420 g/mol. The van der Waals surface area contributed by atoms with Gasteiger partial charge in [0.25, 0.3) is 0 Å². The highest BCUT2D eigenvalue weighted by atomic mass is 19.1. The van der Waals surface area contributed by atoms with E-state index in [1.807, 2.05) is 0 Å². The first-order valence-electron chi connectivity index (χ1n) is 9.45. The summed E-state index contributed by atoms with van der Waals surface area (Å²) in [5, 5.41) is 9.14. The van der Waals surface area contributed by atoms with Crippen molar-refractivity contribution in [2.24, 2.45) is 0 Å². The number of carbonyl (C=O) groups is 1. The van der Waals surface area contributed by atoms with Crippen molar-refractivity contribution in [2.75, 3.05) is 19.7 Å². The highest BCUT2D eigenvalue weighted by Crippen LogP contribution is 2.42. The lowest BCUT2D eigenvalue weighted by atomic mass is 9.86. The third-order valence-corrected chi connectivity index (χ3v) is 5.28. The molecule has 30 heavy (non-hydrogen) atoms. The van der Waals surface area contributed by atoms with Crippen molar-refractivity contribution < 1.29 is 27.8 Å². The predicted molar refractivity (Wildman–Crippen MR) is 101 cm³/mol. The zero-order valence-corrected chi connectivity index (χ0v) is 16.1. The third kappa shape index (κ3) is 3.53. The van der Waals surface area contributed by atoms with E-state index in [1.54, 1.807) is 13.0 Å². The van der Waals surface area contributed by atoms with Crippen LogP contribution in [0.4, 0.5) is 18.0 Å². The number of piperidine rings is 1. The van der Waals surface area contributed by atoms with Gasteiger partial charge in [-0.2, -0.15) is 13.8 Å². The average Bonchev–Trinajstić information content (AvgIpc) is 3.10. The van der Waals surface area contributed by atoms with Gasteiger partial charge < -0.3 is 14.7 Å². The van der Waals surface area contributed by atoms with Gasteiger partial charge in [0.05, 0.1) is 18.5 Å². The van der Waals surface area contributed by atoms with E-state index in [2.05, 4.69) is 9.97 Å². The van der Waals surface area contributed by atoms with Gasteiger partial charge in [0.15, 0.2) is 0 Å². The standard InChI is InChI=1S/C20H19F3N4O3/c1-2-30-15-9-18-24-10-14(12-7-16(21)25-17(22)8-12)27(18)11-13(15)20(23)3-5-26(6-4-20)19(28)29/h7-11H,2-6H2,1H3,(H,28,29). The Labute approximate surface area is 169 Å². The first kappa shape index (κ1) is 20.0. The molecule has 4 heterocycles. The second-order valence-corrected chi connectivity index (χ2v) is 7.09. The summed E-state index contributed by atoms with van der Waals surface area (Å²) < 4.78 is 50.3. The SMILES string of the molecule is CCOc1cc2ncc(-c3cc(F)nc(F)c3)n2cc1C1(F)CCN(C(=O)O)CC1. The van der Waals surface area contributed by atoms with Crippen LogP contribution in [0.2, 0.25) is 0 Å². The van der Waals surface area contributed by atoms with Crippen molar-refractivity contribution in [3.63, 3.8) is 0 Å². The Morgan fingerprint density at radius 2 is 1.90 bits per heavy atom. The summed E-state index contributed by atoms with van der Waals surface area (Å²) in [4.78, 5) is 19.7. The van der Waals surface area contributed by atoms with Crippen LogP contribution in [0, 0.1) is 11.9 Å². The molecular formula is C20H19F3N4O3. The largest absolute Gasteiger partial charge is 0.493 e. The molecule has 1 amide bonds. The van der Waals surface area contributed by atoms with E-state index < -0.39 is 23.7 Å². The number of rotatable bonds is 4. The van der Waals surface area contributed by atoms with Crippen molar-refractivity contribution in [2.45, 2.75) is 25.4 Å². The maximum absolute atomic E-state index is 16.0. The van der Waals surface area contributed by atoms with E-state index in [1.165, 1.54) is 21.7 Å². The van der Waals surface area contributed by atoms with Crippen molar-refractivity contribution in [3.05, 3.63) is 48.1 Å². The minimum absolute atomic E-state index is 0.0343. The van der Waals surface area contributed by atoms with Gasteiger partial charge in [-0.3, -0.25) is 4.40 Å². The van der Waals surface area contributed by atoms with E-state index >= 15 is 4.39 Å². The van der Waals surface area contributed by atoms with Gasteiger partial charge in [-0.15, -0.1) is 0 Å². The molecule has 1 fully saturated rings. The highest BCUT2D eigenvalue weighted by molar-refractivity contribution is 5.66. The van der Waals surface area contributed by atoms with E-state index in [9.17, 15) is 13.6 Å². The molecule has 3 aromatic heterocycles. The van der Waals surface area contributed by atoms with Crippen LogP contribution in [-0.2, 0) is 5.67 Å². The van der Waals surface area contributed by atoms with Crippen molar-refractivity contribution in [1.29, 1.82) is 0 Å². The Bertz CT molecular complexity index is 1090. The maximum Gasteiger partial charge on any atom is 0.407 e. The zero-order valence-electron chi connectivity index (χ0n) is 16.1. The number of carboxylic acid groups (broad SMARTS) is 1. The molecule has 3 aromatic rings. The Hall–Kier alpha value is -3.30. The van der Waals surface area contributed by atoms with Crippen LogP contribution in [0.15, 0.2) is 30.6 Å². The van der Waals surface area contributed by atoms with Crippen LogP contribution in [0.5, 0.6) is 5.75 Å². The molecule has 7 nitrogen and oxygen atoms in total. The number of pyridine rings is 2. The number of likely N-dealkylation sites (tertiary alicyclic amines) is 1. The van der Waals surface area contributed by atoms with Gasteiger partial charge in [-0.05, 0) is 6.92 Å². The molecule has 1 N–H and O–H groups in total. The van der Waals surface area contributed by atoms with Crippen molar-refractivity contribution in [3.8, 4) is 17.0 Å². The number of ether oxygens (including phenoxy) is 1. The van der Waals surface area contributed by atoms with Crippen LogP contribution in [-0.4, -0.2) is 50.2 Å². The molecule has 0 bridgehead atoms. The van der Waals surface area contributed by atoms with Crippen LogP contribution < -0.4 is 4.74 Å². The molecule has 1 aliphatic rings. The Balaban J connectivity index is 1.82. The summed E-state index contributed by atoms with van der Waals surface area (Å²) in [6.07, 6.45) is 1.79.